The van der Waals surface area contributed by atoms with Crippen molar-refractivity contribution in [3.8, 4) is 0 Å². The molecule has 0 heterocycles. The van der Waals surface area contributed by atoms with Gasteiger partial charge in [-0.1, -0.05) is 22.9 Å². The second-order valence-corrected chi connectivity index (χ2v) is 4.38. The van der Waals surface area contributed by atoms with Crippen LogP contribution in [0.4, 0.5) is 5.69 Å². The summed E-state index contributed by atoms with van der Waals surface area (Å²) < 4.78 is 1.06. The normalized spacial score (nSPS) is 12.6. The van der Waals surface area contributed by atoms with Crippen LogP contribution in [0, 0.1) is 6.92 Å². The Balaban J connectivity index is 2.58. The number of aliphatic hydroxyl groups is 1. The Kier molecular flexibility index (Phi) is 4.42. The van der Waals surface area contributed by atoms with E-state index < -0.39 is 0 Å². The van der Waals surface area contributed by atoms with E-state index in [9.17, 15) is 5.11 Å². The van der Waals surface area contributed by atoms with Gasteiger partial charge in [-0.25, -0.2) is 0 Å². The fraction of sp³-hybridized carbons (Fsp3) is 0.455. The molecule has 0 aromatic heterocycles. The van der Waals surface area contributed by atoms with Crippen molar-refractivity contribution < 1.29 is 5.11 Å². The third-order valence-corrected chi connectivity index (χ3v) is 2.51. The molecule has 78 valence electrons. The topological polar surface area (TPSA) is 32.3 Å². The van der Waals surface area contributed by atoms with Crippen LogP contribution in [-0.2, 0) is 0 Å². The van der Waals surface area contributed by atoms with E-state index >= 15 is 0 Å². The van der Waals surface area contributed by atoms with Crippen LogP contribution < -0.4 is 5.32 Å². The maximum absolute atomic E-state index is 9.38. The summed E-state index contributed by atoms with van der Waals surface area (Å²) in [7, 11) is 0. The zero-order chi connectivity index (χ0) is 10.6. The average molecular weight is 258 g/mol. The number of nitrogens with one attached hydrogen (secondary N) is 1. The van der Waals surface area contributed by atoms with Crippen molar-refractivity contribution >= 4 is 21.6 Å². The molecule has 2 nitrogen and oxygen atoms in total. The van der Waals surface area contributed by atoms with Crippen molar-refractivity contribution in [3.63, 3.8) is 0 Å². The van der Waals surface area contributed by atoms with Crippen LogP contribution in [0.3, 0.4) is 0 Å². The number of aryl methyl sites for hydroxylation is 1. The highest BCUT2D eigenvalue weighted by atomic mass is 79.9. The van der Waals surface area contributed by atoms with Gasteiger partial charge in [0.05, 0.1) is 6.10 Å². The first-order valence-electron chi connectivity index (χ1n) is 4.81. The van der Waals surface area contributed by atoms with Crippen molar-refractivity contribution in [2.75, 3.05) is 11.9 Å². The molecule has 0 fully saturated rings. The fourth-order valence-electron chi connectivity index (χ4n) is 1.22. The molecule has 0 saturated heterocycles. The molecule has 0 saturated carbocycles. The van der Waals surface area contributed by atoms with E-state index in [1.807, 2.05) is 19.9 Å². The third kappa shape index (κ3) is 3.68. The molecule has 0 aliphatic carbocycles. The third-order valence-electron chi connectivity index (χ3n) is 2.06. The summed E-state index contributed by atoms with van der Waals surface area (Å²) in [5.41, 5.74) is 2.25. The van der Waals surface area contributed by atoms with E-state index in [2.05, 4.69) is 33.4 Å². The molecule has 1 rings (SSSR count). The molecule has 3 heteroatoms. The Morgan fingerprint density at radius 1 is 1.43 bits per heavy atom. The lowest BCUT2D eigenvalue weighted by Crippen LogP contribution is -2.18. The minimum Gasteiger partial charge on any atom is -0.391 e. The largest absolute Gasteiger partial charge is 0.391 e. The van der Waals surface area contributed by atoms with Gasteiger partial charge in [0, 0.05) is 16.7 Å². The summed E-state index contributed by atoms with van der Waals surface area (Å²) in [6.45, 7) is 4.62. The maximum Gasteiger partial charge on any atom is 0.0709 e. The van der Waals surface area contributed by atoms with E-state index in [0.29, 0.717) is 6.54 Å². The van der Waals surface area contributed by atoms with Crippen molar-refractivity contribution in [2.24, 2.45) is 0 Å². The number of rotatable bonds is 4. The Hall–Kier alpha value is -0.540. The highest BCUT2D eigenvalue weighted by Crippen LogP contribution is 2.18. The standard InChI is InChI=1S/C11H16BrNO/c1-3-11(14)7-13-10-5-8(2)4-9(12)6-10/h4-6,11,13-14H,3,7H2,1-2H3. The second-order valence-electron chi connectivity index (χ2n) is 3.46. The highest BCUT2D eigenvalue weighted by molar-refractivity contribution is 9.10. The van der Waals surface area contributed by atoms with Gasteiger partial charge in [-0.15, -0.1) is 0 Å². The molecule has 0 aliphatic heterocycles. The first-order valence-corrected chi connectivity index (χ1v) is 5.60. The molecular weight excluding hydrogens is 242 g/mol. The summed E-state index contributed by atoms with van der Waals surface area (Å²) in [6, 6.07) is 6.13. The van der Waals surface area contributed by atoms with Gasteiger partial charge in [0.1, 0.15) is 0 Å². The molecule has 2 N–H and O–H groups in total. The fourth-order valence-corrected chi connectivity index (χ4v) is 1.83. The van der Waals surface area contributed by atoms with Gasteiger partial charge in [-0.2, -0.15) is 0 Å². The minimum atomic E-state index is -0.269. The van der Waals surface area contributed by atoms with E-state index in [-0.39, 0.29) is 6.10 Å². The van der Waals surface area contributed by atoms with Crippen LogP contribution in [0.2, 0.25) is 0 Å². The molecule has 1 aromatic carbocycles. The zero-order valence-electron chi connectivity index (χ0n) is 8.55. The SMILES string of the molecule is CCC(O)CNc1cc(C)cc(Br)c1. The Morgan fingerprint density at radius 3 is 2.71 bits per heavy atom. The highest BCUT2D eigenvalue weighted by Gasteiger charge is 2.01. The number of hydrogen-bond acceptors (Lipinski definition) is 2. The van der Waals surface area contributed by atoms with Gasteiger partial charge in [-0.3, -0.25) is 0 Å². The molecule has 0 amide bonds. The van der Waals surface area contributed by atoms with Gasteiger partial charge >= 0.3 is 0 Å². The molecular formula is C11H16BrNO. The summed E-state index contributed by atoms with van der Waals surface area (Å²) >= 11 is 3.43. The number of aliphatic hydroxyl groups excluding tert-OH is 1. The number of anilines is 1. The summed E-state index contributed by atoms with van der Waals surface area (Å²) in [6.07, 6.45) is 0.509. The molecule has 0 bridgehead atoms. The number of hydrogen-bond donors (Lipinski definition) is 2. The number of benzene rings is 1. The van der Waals surface area contributed by atoms with Crippen LogP contribution >= 0.6 is 15.9 Å². The van der Waals surface area contributed by atoms with E-state index in [1.54, 1.807) is 0 Å². The van der Waals surface area contributed by atoms with E-state index in [1.165, 1.54) is 5.56 Å². The molecule has 1 unspecified atom stereocenters. The van der Waals surface area contributed by atoms with E-state index in [0.717, 1.165) is 16.6 Å². The summed E-state index contributed by atoms with van der Waals surface area (Å²) in [5.74, 6) is 0. The summed E-state index contributed by atoms with van der Waals surface area (Å²) in [4.78, 5) is 0. The zero-order valence-corrected chi connectivity index (χ0v) is 10.1. The average Bonchev–Trinajstić information content (AvgIpc) is 2.12. The lowest BCUT2D eigenvalue weighted by atomic mass is 10.2. The van der Waals surface area contributed by atoms with Gasteiger partial charge in [-0.05, 0) is 37.1 Å². The minimum absolute atomic E-state index is 0.269. The molecule has 1 aromatic rings. The van der Waals surface area contributed by atoms with Crippen LogP contribution in [0.25, 0.3) is 0 Å². The van der Waals surface area contributed by atoms with Crippen LogP contribution in [0.1, 0.15) is 18.9 Å². The quantitative estimate of drug-likeness (QED) is 0.870. The van der Waals surface area contributed by atoms with Crippen molar-refractivity contribution in [1.29, 1.82) is 0 Å². The van der Waals surface area contributed by atoms with Crippen molar-refractivity contribution in [2.45, 2.75) is 26.4 Å². The van der Waals surface area contributed by atoms with Gasteiger partial charge in [0.15, 0.2) is 0 Å². The monoisotopic (exact) mass is 257 g/mol. The Morgan fingerprint density at radius 2 is 2.14 bits per heavy atom. The van der Waals surface area contributed by atoms with E-state index in [4.69, 9.17) is 0 Å². The predicted octanol–water partition coefficient (Wildman–Crippen LogP) is 2.94. The smallest absolute Gasteiger partial charge is 0.0709 e. The van der Waals surface area contributed by atoms with Crippen molar-refractivity contribution in [3.05, 3.63) is 28.2 Å². The lowest BCUT2D eigenvalue weighted by molar-refractivity contribution is 0.183. The van der Waals surface area contributed by atoms with Crippen LogP contribution in [0.5, 0.6) is 0 Å². The lowest BCUT2D eigenvalue weighted by Gasteiger charge is -2.11. The van der Waals surface area contributed by atoms with Crippen LogP contribution in [0.15, 0.2) is 22.7 Å². The molecule has 1 atom stereocenters. The number of halogens is 1. The first kappa shape index (κ1) is 11.5. The Bertz CT molecular complexity index is 281. The van der Waals surface area contributed by atoms with Gasteiger partial charge in [0.2, 0.25) is 0 Å². The molecule has 0 aliphatic rings. The van der Waals surface area contributed by atoms with Gasteiger partial charge in [0.25, 0.3) is 0 Å². The maximum atomic E-state index is 9.38. The predicted molar refractivity (Wildman–Crippen MR) is 63.7 cm³/mol. The van der Waals surface area contributed by atoms with Crippen molar-refractivity contribution in [1.82, 2.24) is 0 Å². The first-order chi connectivity index (χ1) is 6.61. The van der Waals surface area contributed by atoms with Gasteiger partial charge < -0.3 is 10.4 Å². The summed E-state index contributed by atoms with van der Waals surface area (Å²) in [5, 5.41) is 12.6. The molecule has 0 spiro atoms. The Labute approximate surface area is 93.5 Å². The molecule has 14 heavy (non-hydrogen) atoms. The second kappa shape index (κ2) is 5.37. The van der Waals surface area contributed by atoms with Crippen LogP contribution in [-0.4, -0.2) is 17.8 Å². The molecule has 0 radical (unpaired) electrons.